The van der Waals surface area contributed by atoms with Crippen molar-refractivity contribution in [3.05, 3.63) is 52.5 Å². The molecule has 0 atom stereocenters. The van der Waals surface area contributed by atoms with Crippen LogP contribution in [0.3, 0.4) is 0 Å². The number of halogens is 2. The Morgan fingerprint density at radius 1 is 1.16 bits per heavy atom. The van der Waals surface area contributed by atoms with Crippen LogP contribution in [-0.2, 0) is 6.61 Å². The number of H-pyrrole nitrogens is 1. The van der Waals surface area contributed by atoms with E-state index in [1.807, 2.05) is 18.3 Å². The van der Waals surface area contributed by atoms with Crippen LogP contribution in [0.4, 0.5) is 0 Å². The second kappa shape index (κ2) is 5.07. The highest BCUT2D eigenvalue weighted by Gasteiger charge is 2.07. The molecule has 6 heteroatoms. The molecule has 0 aliphatic rings. The fourth-order valence-electron chi connectivity index (χ4n) is 1.73. The number of hydrogen-bond donors (Lipinski definition) is 1. The fourth-order valence-corrected chi connectivity index (χ4v) is 2.20. The van der Waals surface area contributed by atoms with Crippen LogP contribution in [0.25, 0.3) is 11.0 Å². The molecule has 0 fully saturated rings. The number of rotatable bonds is 3. The summed E-state index contributed by atoms with van der Waals surface area (Å²) in [6.07, 6.45) is 6.57. The average molecular weight is 294 g/mol. The zero-order valence-corrected chi connectivity index (χ0v) is 11.2. The van der Waals surface area contributed by atoms with E-state index in [1.165, 1.54) is 0 Å². The average Bonchev–Trinajstić information content (AvgIpc) is 2.85. The Morgan fingerprint density at radius 2 is 1.95 bits per heavy atom. The molecule has 3 aromatic rings. The lowest BCUT2D eigenvalue weighted by Gasteiger charge is -2.08. The van der Waals surface area contributed by atoms with Gasteiger partial charge in [0.15, 0.2) is 0 Å². The van der Waals surface area contributed by atoms with Gasteiger partial charge in [-0.25, -0.2) is 4.98 Å². The van der Waals surface area contributed by atoms with Crippen LogP contribution in [0.1, 0.15) is 5.56 Å². The predicted octanol–water partition coefficient (Wildman–Crippen LogP) is 3.84. The van der Waals surface area contributed by atoms with Gasteiger partial charge in [0.2, 0.25) is 0 Å². The van der Waals surface area contributed by atoms with Gasteiger partial charge in [0.25, 0.3) is 0 Å². The molecule has 19 heavy (non-hydrogen) atoms. The van der Waals surface area contributed by atoms with Gasteiger partial charge in [0, 0.05) is 29.5 Å². The highest BCUT2D eigenvalue weighted by Crippen LogP contribution is 2.25. The summed E-state index contributed by atoms with van der Waals surface area (Å²) in [4.78, 5) is 11.2. The van der Waals surface area contributed by atoms with E-state index in [0.29, 0.717) is 21.4 Å². The Balaban J connectivity index is 1.82. The van der Waals surface area contributed by atoms with Crippen molar-refractivity contribution in [1.29, 1.82) is 0 Å². The van der Waals surface area contributed by atoms with Gasteiger partial charge in [0.05, 0.1) is 16.2 Å². The summed E-state index contributed by atoms with van der Waals surface area (Å²) < 4.78 is 5.66. The molecule has 0 aromatic carbocycles. The second-order valence-corrected chi connectivity index (χ2v) is 4.77. The maximum absolute atomic E-state index is 6.03. The van der Waals surface area contributed by atoms with Crippen molar-refractivity contribution in [2.24, 2.45) is 0 Å². The van der Waals surface area contributed by atoms with Crippen LogP contribution in [0.15, 0.2) is 36.9 Å². The molecular weight excluding hydrogens is 285 g/mol. The third kappa shape index (κ3) is 2.50. The number of pyridine rings is 2. The summed E-state index contributed by atoms with van der Waals surface area (Å²) in [6.45, 7) is 0.276. The SMILES string of the molecule is Clc1cncc(Cl)c1COc1cnc2[nH]ccc2c1. The molecular formula is C13H9Cl2N3O. The van der Waals surface area contributed by atoms with E-state index < -0.39 is 0 Å². The van der Waals surface area contributed by atoms with Gasteiger partial charge in [0.1, 0.15) is 18.0 Å². The standard InChI is InChI=1S/C13H9Cl2N3O/c14-11-5-16-6-12(15)10(11)7-19-9-3-8-1-2-17-13(8)18-4-9/h1-6H,7H2,(H,17,18). The van der Waals surface area contributed by atoms with E-state index >= 15 is 0 Å². The lowest BCUT2D eigenvalue weighted by atomic mass is 10.3. The van der Waals surface area contributed by atoms with Gasteiger partial charge < -0.3 is 9.72 Å². The smallest absolute Gasteiger partial charge is 0.138 e. The lowest BCUT2D eigenvalue weighted by Crippen LogP contribution is -1.98. The van der Waals surface area contributed by atoms with Gasteiger partial charge in [-0.05, 0) is 12.1 Å². The number of fused-ring (bicyclic) bond motifs is 1. The largest absolute Gasteiger partial charge is 0.487 e. The molecule has 96 valence electrons. The first kappa shape index (κ1) is 12.3. The van der Waals surface area contributed by atoms with Crippen molar-refractivity contribution in [1.82, 2.24) is 15.0 Å². The number of aromatic nitrogens is 3. The quantitative estimate of drug-likeness (QED) is 0.798. The molecule has 0 aliphatic carbocycles. The molecule has 0 radical (unpaired) electrons. The lowest BCUT2D eigenvalue weighted by molar-refractivity contribution is 0.305. The first-order valence-corrected chi connectivity index (χ1v) is 6.33. The third-order valence-corrected chi connectivity index (χ3v) is 3.36. The highest BCUT2D eigenvalue weighted by molar-refractivity contribution is 6.35. The van der Waals surface area contributed by atoms with Crippen molar-refractivity contribution >= 4 is 34.2 Å². The van der Waals surface area contributed by atoms with E-state index in [-0.39, 0.29) is 6.61 Å². The van der Waals surface area contributed by atoms with E-state index in [2.05, 4.69) is 15.0 Å². The molecule has 0 saturated heterocycles. The van der Waals surface area contributed by atoms with Crippen molar-refractivity contribution in [2.45, 2.75) is 6.61 Å². The van der Waals surface area contributed by atoms with Crippen LogP contribution in [0.2, 0.25) is 10.0 Å². The predicted molar refractivity (Wildman–Crippen MR) is 74.7 cm³/mol. The zero-order chi connectivity index (χ0) is 13.2. The maximum Gasteiger partial charge on any atom is 0.138 e. The van der Waals surface area contributed by atoms with Crippen molar-refractivity contribution in [3.63, 3.8) is 0 Å². The monoisotopic (exact) mass is 293 g/mol. The topological polar surface area (TPSA) is 50.8 Å². The van der Waals surface area contributed by atoms with E-state index in [1.54, 1.807) is 18.6 Å². The van der Waals surface area contributed by atoms with Crippen molar-refractivity contribution < 1.29 is 4.74 Å². The Labute approximate surface area is 119 Å². The van der Waals surface area contributed by atoms with E-state index in [4.69, 9.17) is 27.9 Å². The molecule has 4 nitrogen and oxygen atoms in total. The molecule has 0 aliphatic heterocycles. The van der Waals surface area contributed by atoms with Crippen LogP contribution in [0.5, 0.6) is 5.75 Å². The third-order valence-electron chi connectivity index (χ3n) is 2.71. The molecule has 3 aromatic heterocycles. The molecule has 0 spiro atoms. The van der Waals surface area contributed by atoms with Crippen LogP contribution in [-0.4, -0.2) is 15.0 Å². The van der Waals surface area contributed by atoms with Crippen LogP contribution >= 0.6 is 23.2 Å². The minimum absolute atomic E-state index is 0.276. The Kier molecular flexibility index (Phi) is 3.27. The summed E-state index contributed by atoms with van der Waals surface area (Å²) in [5, 5.41) is 1.97. The molecule has 0 amide bonds. The van der Waals surface area contributed by atoms with Gasteiger partial charge >= 0.3 is 0 Å². The number of nitrogens with one attached hydrogen (secondary N) is 1. The van der Waals surface area contributed by atoms with Crippen LogP contribution in [0, 0.1) is 0 Å². The van der Waals surface area contributed by atoms with Gasteiger partial charge in [-0.15, -0.1) is 0 Å². The minimum atomic E-state index is 0.276. The maximum atomic E-state index is 6.03. The van der Waals surface area contributed by atoms with Crippen molar-refractivity contribution in [3.8, 4) is 5.75 Å². The summed E-state index contributed by atoms with van der Waals surface area (Å²) in [7, 11) is 0. The molecule has 0 unspecified atom stereocenters. The van der Waals surface area contributed by atoms with Gasteiger partial charge in [-0.2, -0.15) is 0 Å². The highest BCUT2D eigenvalue weighted by atomic mass is 35.5. The minimum Gasteiger partial charge on any atom is -0.487 e. The molecule has 0 saturated carbocycles. The summed E-state index contributed by atoms with van der Waals surface area (Å²) in [5.41, 5.74) is 1.54. The number of nitrogens with zero attached hydrogens (tertiary/aromatic N) is 2. The van der Waals surface area contributed by atoms with Crippen LogP contribution < -0.4 is 4.74 Å². The molecule has 3 rings (SSSR count). The summed E-state index contributed by atoms with van der Waals surface area (Å²) >= 11 is 12.1. The Morgan fingerprint density at radius 3 is 2.74 bits per heavy atom. The molecule has 3 heterocycles. The summed E-state index contributed by atoms with van der Waals surface area (Å²) in [6, 6.07) is 3.84. The van der Waals surface area contributed by atoms with E-state index in [9.17, 15) is 0 Å². The number of hydrogen-bond acceptors (Lipinski definition) is 3. The van der Waals surface area contributed by atoms with E-state index in [0.717, 1.165) is 11.0 Å². The molecule has 1 N–H and O–H groups in total. The first-order chi connectivity index (χ1) is 9.24. The van der Waals surface area contributed by atoms with Crippen molar-refractivity contribution in [2.75, 3.05) is 0 Å². The van der Waals surface area contributed by atoms with Gasteiger partial charge in [-0.1, -0.05) is 23.2 Å². The first-order valence-electron chi connectivity index (χ1n) is 5.58. The number of ether oxygens (including phenoxy) is 1. The normalized spacial score (nSPS) is 10.8. The Bertz CT molecular complexity index is 706. The molecule has 0 bridgehead atoms. The zero-order valence-electron chi connectivity index (χ0n) is 9.73. The summed E-state index contributed by atoms with van der Waals surface area (Å²) in [5.74, 6) is 0.663. The Hall–Kier alpha value is -1.78. The number of aromatic amines is 1. The van der Waals surface area contributed by atoms with Gasteiger partial charge in [-0.3, -0.25) is 4.98 Å². The fraction of sp³-hybridized carbons (Fsp3) is 0.0769. The second-order valence-electron chi connectivity index (χ2n) is 3.96.